The lowest BCUT2D eigenvalue weighted by Crippen LogP contribution is -2.04. The van der Waals surface area contributed by atoms with E-state index in [2.05, 4.69) is 15.2 Å². The van der Waals surface area contributed by atoms with Crippen molar-refractivity contribution in [2.45, 2.75) is 13.1 Å². The first-order valence-electron chi connectivity index (χ1n) is 6.60. The molecule has 6 heteroatoms. The van der Waals surface area contributed by atoms with E-state index in [0.29, 0.717) is 22.6 Å². The molecule has 3 aromatic rings. The van der Waals surface area contributed by atoms with E-state index in [4.69, 9.17) is 0 Å². The van der Waals surface area contributed by atoms with Crippen LogP contribution in [0.3, 0.4) is 0 Å². The molecular formula is C16H12F3N3. The molecule has 0 radical (unpaired) electrons. The molecule has 2 heterocycles. The maximum Gasteiger partial charge on any atom is 0.416 e. The Kier molecular flexibility index (Phi) is 3.44. The van der Waals surface area contributed by atoms with Gasteiger partial charge in [-0.25, -0.2) is 4.98 Å². The van der Waals surface area contributed by atoms with Crippen LogP contribution in [-0.2, 0) is 6.18 Å². The molecule has 2 aromatic heterocycles. The number of aromatic amines is 1. The van der Waals surface area contributed by atoms with Gasteiger partial charge in [-0.15, -0.1) is 0 Å². The maximum atomic E-state index is 12.6. The molecule has 1 aromatic carbocycles. The SMILES string of the molecule is Cc1cc(-c2cccc(-c3ccc(C(F)(F)F)cc3)n2)n[nH]1. The van der Waals surface area contributed by atoms with Crippen LogP contribution in [0.15, 0.2) is 48.5 Å². The summed E-state index contributed by atoms with van der Waals surface area (Å²) in [6.07, 6.45) is -4.33. The summed E-state index contributed by atoms with van der Waals surface area (Å²) < 4.78 is 37.7. The number of halogens is 3. The Morgan fingerprint density at radius 1 is 0.909 bits per heavy atom. The molecular weight excluding hydrogens is 291 g/mol. The molecule has 0 spiro atoms. The van der Waals surface area contributed by atoms with Crippen molar-refractivity contribution in [3.63, 3.8) is 0 Å². The molecule has 112 valence electrons. The zero-order valence-electron chi connectivity index (χ0n) is 11.6. The van der Waals surface area contributed by atoms with Gasteiger partial charge in [0.25, 0.3) is 0 Å². The number of alkyl halides is 3. The second-order valence-corrected chi connectivity index (χ2v) is 4.92. The molecule has 0 saturated heterocycles. The van der Waals surface area contributed by atoms with Gasteiger partial charge in [-0.3, -0.25) is 5.10 Å². The van der Waals surface area contributed by atoms with E-state index in [1.807, 2.05) is 19.1 Å². The highest BCUT2D eigenvalue weighted by atomic mass is 19.4. The van der Waals surface area contributed by atoms with E-state index in [0.717, 1.165) is 17.8 Å². The van der Waals surface area contributed by atoms with Gasteiger partial charge in [-0.05, 0) is 37.3 Å². The molecule has 3 nitrogen and oxygen atoms in total. The molecule has 0 amide bonds. The highest BCUT2D eigenvalue weighted by Gasteiger charge is 2.30. The number of rotatable bonds is 2. The predicted molar refractivity (Wildman–Crippen MR) is 77.0 cm³/mol. The summed E-state index contributed by atoms with van der Waals surface area (Å²) in [5.41, 5.74) is 2.84. The molecule has 0 aliphatic carbocycles. The quantitative estimate of drug-likeness (QED) is 0.759. The summed E-state index contributed by atoms with van der Waals surface area (Å²) in [5.74, 6) is 0. The van der Waals surface area contributed by atoms with Gasteiger partial charge in [-0.2, -0.15) is 18.3 Å². The smallest absolute Gasteiger partial charge is 0.282 e. The van der Waals surface area contributed by atoms with Crippen LogP contribution in [0.5, 0.6) is 0 Å². The number of nitrogens with zero attached hydrogens (tertiary/aromatic N) is 2. The average Bonchev–Trinajstić information content (AvgIpc) is 2.93. The number of benzene rings is 1. The normalized spacial score (nSPS) is 11.6. The number of hydrogen-bond acceptors (Lipinski definition) is 2. The van der Waals surface area contributed by atoms with E-state index in [1.54, 1.807) is 12.1 Å². The maximum absolute atomic E-state index is 12.6. The zero-order valence-corrected chi connectivity index (χ0v) is 11.6. The number of nitrogens with one attached hydrogen (secondary N) is 1. The number of hydrogen-bond donors (Lipinski definition) is 1. The van der Waals surface area contributed by atoms with Gasteiger partial charge in [0.1, 0.15) is 5.69 Å². The van der Waals surface area contributed by atoms with Crippen LogP contribution in [0, 0.1) is 6.92 Å². The number of aryl methyl sites for hydroxylation is 1. The third kappa shape index (κ3) is 2.86. The van der Waals surface area contributed by atoms with Crippen molar-refractivity contribution in [3.05, 3.63) is 59.8 Å². The second-order valence-electron chi connectivity index (χ2n) is 4.92. The van der Waals surface area contributed by atoms with Crippen molar-refractivity contribution < 1.29 is 13.2 Å². The molecule has 0 saturated carbocycles. The Bertz CT molecular complexity index is 789. The van der Waals surface area contributed by atoms with Crippen LogP contribution < -0.4 is 0 Å². The van der Waals surface area contributed by atoms with Crippen LogP contribution in [0.25, 0.3) is 22.6 Å². The standard InChI is InChI=1S/C16H12F3N3/c1-10-9-15(22-21-10)14-4-2-3-13(20-14)11-5-7-12(8-6-11)16(17,18)19/h2-9H,1H3,(H,21,22). The van der Waals surface area contributed by atoms with Crippen LogP contribution in [0.2, 0.25) is 0 Å². The van der Waals surface area contributed by atoms with Crippen LogP contribution in [-0.4, -0.2) is 15.2 Å². The van der Waals surface area contributed by atoms with Gasteiger partial charge < -0.3 is 0 Å². The molecule has 0 aliphatic heterocycles. The fourth-order valence-corrected chi connectivity index (χ4v) is 2.12. The van der Waals surface area contributed by atoms with Gasteiger partial charge in [0.15, 0.2) is 0 Å². The first-order chi connectivity index (χ1) is 10.4. The summed E-state index contributed by atoms with van der Waals surface area (Å²) in [7, 11) is 0. The van der Waals surface area contributed by atoms with E-state index >= 15 is 0 Å². The molecule has 0 atom stereocenters. The third-order valence-electron chi connectivity index (χ3n) is 3.23. The molecule has 0 unspecified atom stereocenters. The predicted octanol–water partition coefficient (Wildman–Crippen LogP) is 4.47. The molecule has 0 bridgehead atoms. The van der Waals surface area contributed by atoms with Crippen molar-refractivity contribution in [3.8, 4) is 22.6 Å². The van der Waals surface area contributed by atoms with E-state index < -0.39 is 11.7 Å². The van der Waals surface area contributed by atoms with Gasteiger partial charge >= 0.3 is 6.18 Å². The van der Waals surface area contributed by atoms with E-state index in [1.165, 1.54) is 12.1 Å². The highest BCUT2D eigenvalue weighted by molar-refractivity contribution is 5.64. The van der Waals surface area contributed by atoms with Crippen LogP contribution in [0.1, 0.15) is 11.3 Å². The third-order valence-corrected chi connectivity index (χ3v) is 3.23. The molecule has 0 fully saturated rings. The van der Waals surface area contributed by atoms with E-state index in [9.17, 15) is 13.2 Å². The molecule has 0 aliphatic rings. The minimum absolute atomic E-state index is 0.604. The van der Waals surface area contributed by atoms with Crippen molar-refractivity contribution in [1.29, 1.82) is 0 Å². The van der Waals surface area contributed by atoms with Gasteiger partial charge in [0.2, 0.25) is 0 Å². The number of H-pyrrole nitrogens is 1. The lowest BCUT2D eigenvalue weighted by Gasteiger charge is -2.08. The van der Waals surface area contributed by atoms with Gasteiger partial charge in [-0.1, -0.05) is 18.2 Å². The summed E-state index contributed by atoms with van der Waals surface area (Å²) in [4.78, 5) is 4.45. The van der Waals surface area contributed by atoms with Crippen LogP contribution in [0.4, 0.5) is 13.2 Å². The number of pyridine rings is 1. The van der Waals surface area contributed by atoms with Crippen molar-refractivity contribution in [2.24, 2.45) is 0 Å². The molecule has 1 N–H and O–H groups in total. The largest absolute Gasteiger partial charge is 0.416 e. The Balaban J connectivity index is 1.95. The Morgan fingerprint density at radius 3 is 2.18 bits per heavy atom. The first kappa shape index (κ1) is 14.3. The van der Waals surface area contributed by atoms with E-state index in [-0.39, 0.29) is 0 Å². The Hall–Kier alpha value is -2.63. The minimum Gasteiger partial charge on any atom is -0.282 e. The number of aromatic nitrogens is 3. The van der Waals surface area contributed by atoms with Gasteiger partial charge in [0, 0.05) is 11.3 Å². The average molecular weight is 303 g/mol. The van der Waals surface area contributed by atoms with Crippen LogP contribution >= 0.6 is 0 Å². The first-order valence-corrected chi connectivity index (χ1v) is 6.60. The molecule has 3 rings (SSSR count). The lowest BCUT2D eigenvalue weighted by molar-refractivity contribution is -0.137. The van der Waals surface area contributed by atoms with Crippen molar-refractivity contribution in [1.82, 2.24) is 15.2 Å². The summed E-state index contributed by atoms with van der Waals surface area (Å²) in [5, 5.41) is 6.97. The zero-order chi connectivity index (χ0) is 15.7. The van der Waals surface area contributed by atoms with Gasteiger partial charge in [0.05, 0.1) is 17.0 Å². The fraction of sp³-hybridized carbons (Fsp3) is 0.125. The minimum atomic E-state index is -4.33. The monoisotopic (exact) mass is 303 g/mol. The Labute approximate surface area is 124 Å². The second kappa shape index (κ2) is 5.29. The Morgan fingerprint density at radius 2 is 1.59 bits per heavy atom. The fourth-order valence-electron chi connectivity index (χ4n) is 2.12. The summed E-state index contributed by atoms with van der Waals surface area (Å²) in [6.45, 7) is 1.89. The van der Waals surface area contributed by atoms with Crippen molar-refractivity contribution in [2.75, 3.05) is 0 Å². The summed E-state index contributed by atoms with van der Waals surface area (Å²) >= 11 is 0. The highest BCUT2D eigenvalue weighted by Crippen LogP contribution is 2.31. The lowest BCUT2D eigenvalue weighted by atomic mass is 10.1. The summed E-state index contributed by atoms with van der Waals surface area (Å²) in [6, 6.07) is 12.2. The molecule has 22 heavy (non-hydrogen) atoms. The van der Waals surface area contributed by atoms with Crippen molar-refractivity contribution >= 4 is 0 Å². The topological polar surface area (TPSA) is 41.6 Å².